The maximum atomic E-state index is 13.3. The molecule has 2 N–H and O–H groups in total. The van der Waals surface area contributed by atoms with Crippen molar-refractivity contribution in [3.8, 4) is 6.07 Å². The number of nitrogen functional groups attached to an aromatic ring is 1. The number of rotatable bonds is 5. The fourth-order valence-corrected chi connectivity index (χ4v) is 4.17. The summed E-state index contributed by atoms with van der Waals surface area (Å²) < 4.78 is 39.6. The lowest BCUT2D eigenvalue weighted by atomic mass is 10.2. The monoisotopic (exact) mass is 363 g/mol. The van der Waals surface area contributed by atoms with Crippen molar-refractivity contribution in [3.05, 3.63) is 22.4 Å². The van der Waals surface area contributed by atoms with Crippen LogP contribution in [-0.2, 0) is 10.0 Å². The smallest absolute Gasteiger partial charge is 0.244 e. The van der Waals surface area contributed by atoms with Gasteiger partial charge in [-0.25, -0.2) is 12.8 Å². The summed E-state index contributed by atoms with van der Waals surface area (Å²) in [5.74, 6) is -1.13. The molecule has 0 aliphatic carbocycles. The maximum Gasteiger partial charge on any atom is 0.244 e. The highest BCUT2D eigenvalue weighted by Gasteiger charge is 2.27. The van der Waals surface area contributed by atoms with Crippen LogP contribution in [-0.4, -0.2) is 25.8 Å². The molecule has 1 atom stereocenters. The second-order valence-electron chi connectivity index (χ2n) is 4.29. The van der Waals surface area contributed by atoms with Crippen LogP contribution in [0.4, 0.5) is 10.1 Å². The first-order chi connectivity index (χ1) is 9.23. The molecule has 0 saturated heterocycles. The minimum Gasteiger partial charge on any atom is -0.396 e. The third-order valence-electron chi connectivity index (χ3n) is 2.72. The highest BCUT2D eigenvalue weighted by atomic mass is 79.9. The summed E-state index contributed by atoms with van der Waals surface area (Å²) in [7, 11) is -3.84. The van der Waals surface area contributed by atoms with Crippen LogP contribution in [0.15, 0.2) is 21.5 Å². The predicted molar refractivity (Wildman–Crippen MR) is 77.7 cm³/mol. The molecule has 0 bridgehead atoms. The van der Waals surface area contributed by atoms with E-state index in [-0.39, 0.29) is 28.1 Å². The van der Waals surface area contributed by atoms with Gasteiger partial charge in [0.2, 0.25) is 10.0 Å². The van der Waals surface area contributed by atoms with Gasteiger partial charge in [0.05, 0.1) is 22.6 Å². The lowest BCUT2D eigenvalue weighted by molar-refractivity contribution is 0.399. The first-order valence-electron chi connectivity index (χ1n) is 5.88. The predicted octanol–water partition coefficient (Wildman–Crippen LogP) is 2.34. The van der Waals surface area contributed by atoms with Gasteiger partial charge in [0.25, 0.3) is 0 Å². The molecule has 1 unspecified atom stereocenters. The van der Waals surface area contributed by atoms with E-state index in [0.29, 0.717) is 0 Å². The SMILES string of the molecule is CCN(CC(C)C#N)S(=O)(=O)c1cc(N)c(F)cc1Br. The van der Waals surface area contributed by atoms with E-state index in [4.69, 9.17) is 11.0 Å². The average Bonchev–Trinajstić information content (AvgIpc) is 2.39. The molecule has 0 aliphatic heterocycles. The van der Waals surface area contributed by atoms with Crippen LogP contribution in [0.2, 0.25) is 0 Å². The van der Waals surface area contributed by atoms with Gasteiger partial charge in [0.1, 0.15) is 5.82 Å². The van der Waals surface area contributed by atoms with Crippen LogP contribution in [0, 0.1) is 23.1 Å². The number of anilines is 1. The quantitative estimate of drug-likeness (QED) is 0.813. The van der Waals surface area contributed by atoms with E-state index < -0.39 is 21.8 Å². The number of halogens is 2. The molecule has 1 aromatic carbocycles. The first kappa shape index (κ1) is 16.9. The van der Waals surface area contributed by atoms with E-state index in [1.807, 2.05) is 6.07 Å². The number of nitrogens with zero attached hydrogens (tertiary/aromatic N) is 2. The second kappa shape index (κ2) is 6.52. The Balaban J connectivity index is 3.28. The van der Waals surface area contributed by atoms with Gasteiger partial charge >= 0.3 is 0 Å². The molecule has 0 aliphatic rings. The highest BCUT2D eigenvalue weighted by molar-refractivity contribution is 9.10. The molecule has 0 aromatic heterocycles. The van der Waals surface area contributed by atoms with Crippen LogP contribution in [0.5, 0.6) is 0 Å². The third-order valence-corrected chi connectivity index (χ3v) is 5.62. The first-order valence-corrected chi connectivity index (χ1v) is 8.11. The Labute approximate surface area is 126 Å². The molecule has 0 heterocycles. The van der Waals surface area contributed by atoms with E-state index in [9.17, 15) is 12.8 Å². The zero-order valence-corrected chi connectivity index (χ0v) is 13.5. The molecule has 20 heavy (non-hydrogen) atoms. The van der Waals surface area contributed by atoms with Gasteiger partial charge in [-0.15, -0.1) is 0 Å². The maximum absolute atomic E-state index is 13.3. The summed E-state index contributed by atoms with van der Waals surface area (Å²) >= 11 is 3.03. The average molecular weight is 364 g/mol. The van der Waals surface area contributed by atoms with E-state index in [0.717, 1.165) is 12.1 Å². The van der Waals surface area contributed by atoms with Crippen molar-refractivity contribution in [1.82, 2.24) is 4.31 Å². The Hall–Kier alpha value is -1.17. The normalized spacial score (nSPS) is 13.2. The number of nitrogens with two attached hydrogens (primary N) is 1. The van der Waals surface area contributed by atoms with Crippen molar-refractivity contribution in [2.45, 2.75) is 18.7 Å². The van der Waals surface area contributed by atoms with Crippen molar-refractivity contribution >= 4 is 31.6 Å². The lowest BCUT2D eigenvalue weighted by Gasteiger charge is -2.22. The van der Waals surface area contributed by atoms with Gasteiger partial charge in [0.15, 0.2) is 0 Å². The Bertz CT molecular complexity index is 643. The van der Waals surface area contributed by atoms with Gasteiger partial charge in [0, 0.05) is 17.6 Å². The molecule has 0 radical (unpaired) electrons. The van der Waals surface area contributed by atoms with E-state index >= 15 is 0 Å². The van der Waals surface area contributed by atoms with Crippen molar-refractivity contribution in [1.29, 1.82) is 5.26 Å². The molecule has 0 spiro atoms. The summed E-state index contributed by atoms with van der Waals surface area (Å²) in [4.78, 5) is -0.108. The Kier molecular flexibility index (Phi) is 5.50. The molecule has 5 nitrogen and oxygen atoms in total. The highest BCUT2D eigenvalue weighted by Crippen LogP contribution is 2.29. The zero-order chi connectivity index (χ0) is 15.5. The lowest BCUT2D eigenvalue weighted by Crippen LogP contribution is -2.34. The molecule has 0 saturated carbocycles. The van der Waals surface area contributed by atoms with Crippen molar-refractivity contribution in [2.75, 3.05) is 18.8 Å². The molecule has 0 amide bonds. The molecule has 1 rings (SSSR count). The molecule has 110 valence electrons. The molecule has 0 fully saturated rings. The number of benzene rings is 1. The van der Waals surface area contributed by atoms with Gasteiger partial charge in [-0.1, -0.05) is 6.92 Å². The number of hydrogen-bond acceptors (Lipinski definition) is 4. The van der Waals surface area contributed by atoms with Crippen LogP contribution in [0.1, 0.15) is 13.8 Å². The number of sulfonamides is 1. The van der Waals surface area contributed by atoms with Gasteiger partial charge in [-0.2, -0.15) is 9.57 Å². The fraction of sp³-hybridized carbons (Fsp3) is 0.417. The molecule has 8 heteroatoms. The Morgan fingerprint density at radius 3 is 2.65 bits per heavy atom. The van der Waals surface area contributed by atoms with Crippen LogP contribution >= 0.6 is 15.9 Å². The van der Waals surface area contributed by atoms with Gasteiger partial charge < -0.3 is 5.73 Å². The number of nitriles is 1. The fourth-order valence-electron chi connectivity index (χ4n) is 1.63. The zero-order valence-electron chi connectivity index (χ0n) is 11.1. The van der Waals surface area contributed by atoms with E-state index in [1.54, 1.807) is 13.8 Å². The van der Waals surface area contributed by atoms with Crippen molar-refractivity contribution in [3.63, 3.8) is 0 Å². The standard InChI is InChI=1S/C12H15BrFN3O2S/c1-3-17(7-8(2)6-15)20(18,19)12-5-11(16)10(14)4-9(12)13/h4-5,8H,3,7,16H2,1-2H3. The Morgan fingerprint density at radius 1 is 1.55 bits per heavy atom. The van der Waals surface area contributed by atoms with Crippen molar-refractivity contribution in [2.24, 2.45) is 5.92 Å². The molecular formula is C12H15BrFN3O2S. The summed E-state index contributed by atoms with van der Waals surface area (Å²) in [6.07, 6.45) is 0. The summed E-state index contributed by atoms with van der Waals surface area (Å²) in [6, 6.07) is 4.08. The van der Waals surface area contributed by atoms with Gasteiger partial charge in [-0.05, 0) is 35.0 Å². The van der Waals surface area contributed by atoms with Crippen LogP contribution in [0.3, 0.4) is 0 Å². The van der Waals surface area contributed by atoms with Crippen LogP contribution in [0.25, 0.3) is 0 Å². The second-order valence-corrected chi connectivity index (χ2v) is 7.05. The summed E-state index contributed by atoms with van der Waals surface area (Å²) in [5.41, 5.74) is 5.18. The topological polar surface area (TPSA) is 87.2 Å². The van der Waals surface area contributed by atoms with E-state index in [2.05, 4.69) is 15.9 Å². The molecular weight excluding hydrogens is 349 g/mol. The van der Waals surface area contributed by atoms with E-state index in [1.165, 1.54) is 4.31 Å². The number of hydrogen-bond donors (Lipinski definition) is 1. The van der Waals surface area contributed by atoms with Crippen molar-refractivity contribution < 1.29 is 12.8 Å². The van der Waals surface area contributed by atoms with Gasteiger partial charge in [-0.3, -0.25) is 0 Å². The summed E-state index contributed by atoms with van der Waals surface area (Å²) in [5, 5.41) is 8.80. The Morgan fingerprint density at radius 2 is 2.15 bits per heavy atom. The third kappa shape index (κ3) is 3.48. The van der Waals surface area contributed by atoms with Crippen LogP contribution < -0.4 is 5.73 Å². The summed E-state index contributed by atoms with van der Waals surface area (Å²) in [6.45, 7) is 3.58. The molecule has 1 aromatic rings. The minimum absolute atomic E-state index is 0.0685. The largest absolute Gasteiger partial charge is 0.396 e. The minimum atomic E-state index is -3.84.